The summed E-state index contributed by atoms with van der Waals surface area (Å²) in [6.45, 7) is 9.91. The number of anilines is 2. The summed E-state index contributed by atoms with van der Waals surface area (Å²) in [4.78, 5) is 47.0. The van der Waals surface area contributed by atoms with E-state index in [9.17, 15) is 14.4 Å². The maximum absolute atomic E-state index is 13.7. The number of benzene rings is 2. The fourth-order valence-corrected chi connectivity index (χ4v) is 6.90. The Morgan fingerprint density at radius 1 is 0.976 bits per heavy atom. The molecule has 0 radical (unpaired) electrons. The number of aryl methyl sites for hydroxylation is 1. The van der Waals surface area contributed by atoms with Gasteiger partial charge in [-0.25, -0.2) is 0 Å². The molecule has 220 valence electrons. The lowest BCUT2D eigenvalue weighted by atomic mass is 9.94. The molecule has 3 heterocycles. The third-order valence-electron chi connectivity index (χ3n) is 9.15. The quantitative estimate of drug-likeness (QED) is 0.502. The normalized spacial score (nSPS) is 21.2. The van der Waals surface area contributed by atoms with Gasteiger partial charge in [-0.05, 0) is 74.4 Å². The molecule has 3 aliphatic heterocycles. The number of hydrogen-bond donors (Lipinski definition) is 1. The molecule has 1 N–H and O–H groups in total. The molecule has 9 heteroatoms. The molecular formula is C32H42ClN5O3. The van der Waals surface area contributed by atoms with Crippen LogP contribution in [-0.2, 0) is 9.59 Å². The zero-order chi connectivity index (χ0) is 29.1. The first-order chi connectivity index (χ1) is 19.7. The van der Waals surface area contributed by atoms with Gasteiger partial charge in [0, 0.05) is 82.1 Å². The minimum atomic E-state index is -0.0895. The van der Waals surface area contributed by atoms with Crippen molar-refractivity contribution in [2.45, 2.75) is 33.1 Å². The van der Waals surface area contributed by atoms with Gasteiger partial charge in [-0.15, -0.1) is 0 Å². The molecule has 8 nitrogen and oxygen atoms in total. The Kier molecular flexibility index (Phi) is 9.19. The molecule has 2 aromatic carbocycles. The molecular weight excluding hydrogens is 538 g/mol. The molecule has 2 aromatic rings. The monoisotopic (exact) mass is 579 g/mol. The summed E-state index contributed by atoms with van der Waals surface area (Å²) in [5.41, 5.74) is 3.44. The van der Waals surface area contributed by atoms with Gasteiger partial charge in [-0.3, -0.25) is 14.4 Å². The zero-order valence-electron chi connectivity index (χ0n) is 24.4. The topological polar surface area (TPSA) is 76.2 Å². The summed E-state index contributed by atoms with van der Waals surface area (Å²) in [5.74, 6) is 1.19. The first-order valence-corrected chi connectivity index (χ1v) is 15.2. The van der Waals surface area contributed by atoms with E-state index in [0.29, 0.717) is 49.3 Å². The number of halogens is 1. The van der Waals surface area contributed by atoms with Crippen LogP contribution in [0, 0.1) is 24.7 Å². The predicted molar refractivity (Wildman–Crippen MR) is 163 cm³/mol. The number of carbonyl (C=O) groups is 3. The Balaban J connectivity index is 1.16. The molecule has 3 amide bonds. The molecule has 5 rings (SSSR count). The van der Waals surface area contributed by atoms with Crippen LogP contribution in [-0.4, -0.2) is 91.8 Å². The smallest absolute Gasteiger partial charge is 0.255 e. The van der Waals surface area contributed by atoms with E-state index in [1.165, 1.54) is 0 Å². The number of carbonyl (C=O) groups excluding carboxylic acids is 3. The van der Waals surface area contributed by atoms with Crippen molar-refractivity contribution in [3.63, 3.8) is 0 Å². The lowest BCUT2D eigenvalue weighted by Gasteiger charge is -2.34. The minimum absolute atomic E-state index is 0.0729. The molecule has 3 saturated heterocycles. The fraction of sp³-hybridized carbons (Fsp3) is 0.531. The van der Waals surface area contributed by atoms with Crippen LogP contribution in [0.1, 0.15) is 42.1 Å². The number of para-hydroxylation sites is 1. The molecule has 3 fully saturated rings. The van der Waals surface area contributed by atoms with Crippen LogP contribution < -0.4 is 10.2 Å². The van der Waals surface area contributed by atoms with E-state index in [1.54, 1.807) is 6.92 Å². The largest absolute Gasteiger partial charge is 0.387 e. The number of likely N-dealkylation sites (tertiary alicyclic amines) is 3. The van der Waals surface area contributed by atoms with Gasteiger partial charge in [0.2, 0.25) is 11.8 Å². The van der Waals surface area contributed by atoms with Crippen molar-refractivity contribution in [1.82, 2.24) is 14.7 Å². The Labute approximate surface area is 248 Å². The summed E-state index contributed by atoms with van der Waals surface area (Å²) < 4.78 is 0. The van der Waals surface area contributed by atoms with Crippen LogP contribution in [0.25, 0.3) is 0 Å². The lowest BCUT2D eigenvalue weighted by molar-refractivity contribution is -0.133. The summed E-state index contributed by atoms with van der Waals surface area (Å²) in [5, 5.41) is 3.80. The van der Waals surface area contributed by atoms with Gasteiger partial charge in [-0.2, -0.15) is 0 Å². The molecule has 2 atom stereocenters. The third kappa shape index (κ3) is 6.54. The summed E-state index contributed by atoms with van der Waals surface area (Å²) in [7, 11) is 1.85. The van der Waals surface area contributed by atoms with E-state index in [-0.39, 0.29) is 23.6 Å². The minimum Gasteiger partial charge on any atom is -0.387 e. The number of piperidine rings is 1. The lowest BCUT2D eigenvalue weighted by Crippen LogP contribution is -2.44. The van der Waals surface area contributed by atoms with Crippen molar-refractivity contribution in [2.24, 2.45) is 17.8 Å². The van der Waals surface area contributed by atoms with Crippen molar-refractivity contribution in [1.29, 1.82) is 0 Å². The summed E-state index contributed by atoms with van der Waals surface area (Å²) >= 11 is 6.46. The van der Waals surface area contributed by atoms with Crippen LogP contribution in [0.3, 0.4) is 0 Å². The molecule has 0 saturated carbocycles. The van der Waals surface area contributed by atoms with Crippen molar-refractivity contribution in [3.8, 4) is 0 Å². The highest BCUT2D eigenvalue weighted by Crippen LogP contribution is 2.33. The second-order valence-corrected chi connectivity index (χ2v) is 12.2. The Hall–Kier alpha value is -3.10. The molecule has 41 heavy (non-hydrogen) atoms. The van der Waals surface area contributed by atoms with E-state index in [4.69, 9.17) is 11.6 Å². The van der Waals surface area contributed by atoms with E-state index in [0.717, 1.165) is 61.6 Å². The third-order valence-corrected chi connectivity index (χ3v) is 9.56. The predicted octanol–water partition coefficient (Wildman–Crippen LogP) is 4.38. The molecule has 2 unspecified atom stereocenters. The number of amides is 3. The SMILES string of the molecule is CNc1ccccc1C(=O)N1CC2CN(CCCN(C(=O)C3CCN(C(C)=O)CC3)c3ccc(C)c(Cl)c3)CC2C1. The van der Waals surface area contributed by atoms with Gasteiger partial charge < -0.3 is 24.9 Å². The fourth-order valence-electron chi connectivity index (χ4n) is 6.73. The number of nitrogens with one attached hydrogen (secondary N) is 1. The molecule has 0 aliphatic carbocycles. The second kappa shape index (κ2) is 12.8. The number of nitrogens with zero attached hydrogens (tertiary/aromatic N) is 4. The summed E-state index contributed by atoms with van der Waals surface area (Å²) in [6.07, 6.45) is 2.25. The standard InChI is InChI=1S/C32H42ClN5O3/c1-22-9-10-27(17-29(22)33)38(31(40)24-11-15-36(16-12-24)23(2)39)14-6-13-35-18-25-20-37(21-26(25)19-35)32(41)28-7-4-5-8-30(28)34-3/h4-5,7-10,17,24-26,34H,6,11-16,18-21H2,1-3H3. The van der Waals surface area contributed by atoms with Crippen LogP contribution in [0.15, 0.2) is 42.5 Å². The van der Waals surface area contributed by atoms with Crippen molar-refractivity contribution in [3.05, 3.63) is 58.6 Å². The first-order valence-electron chi connectivity index (χ1n) is 14.9. The second-order valence-electron chi connectivity index (χ2n) is 11.8. The van der Waals surface area contributed by atoms with Crippen LogP contribution >= 0.6 is 11.6 Å². The van der Waals surface area contributed by atoms with Gasteiger partial charge in [0.05, 0.1) is 5.56 Å². The van der Waals surface area contributed by atoms with Crippen LogP contribution in [0.2, 0.25) is 5.02 Å². The number of rotatable bonds is 8. The van der Waals surface area contributed by atoms with Gasteiger partial charge >= 0.3 is 0 Å². The van der Waals surface area contributed by atoms with Crippen molar-refractivity contribution in [2.75, 3.05) is 69.6 Å². The molecule has 0 aromatic heterocycles. The van der Waals surface area contributed by atoms with Gasteiger partial charge in [0.25, 0.3) is 5.91 Å². The Morgan fingerprint density at radius 2 is 1.66 bits per heavy atom. The highest BCUT2D eigenvalue weighted by atomic mass is 35.5. The summed E-state index contributed by atoms with van der Waals surface area (Å²) in [6, 6.07) is 13.6. The average Bonchev–Trinajstić information content (AvgIpc) is 3.55. The number of hydrogen-bond acceptors (Lipinski definition) is 5. The molecule has 3 aliphatic rings. The molecule has 0 bridgehead atoms. The van der Waals surface area contributed by atoms with E-state index < -0.39 is 0 Å². The van der Waals surface area contributed by atoms with Crippen molar-refractivity contribution < 1.29 is 14.4 Å². The van der Waals surface area contributed by atoms with E-state index in [2.05, 4.69) is 10.2 Å². The number of fused-ring (bicyclic) bond motifs is 1. The highest BCUT2D eigenvalue weighted by Gasteiger charge is 2.42. The average molecular weight is 580 g/mol. The van der Waals surface area contributed by atoms with E-state index >= 15 is 0 Å². The molecule has 0 spiro atoms. The van der Waals surface area contributed by atoms with E-state index in [1.807, 2.05) is 71.1 Å². The Bertz CT molecular complexity index is 1260. The van der Waals surface area contributed by atoms with Gasteiger partial charge in [0.15, 0.2) is 0 Å². The van der Waals surface area contributed by atoms with Crippen LogP contribution in [0.4, 0.5) is 11.4 Å². The maximum Gasteiger partial charge on any atom is 0.255 e. The highest BCUT2D eigenvalue weighted by molar-refractivity contribution is 6.31. The van der Waals surface area contributed by atoms with Crippen LogP contribution in [0.5, 0.6) is 0 Å². The zero-order valence-corrected chi connectivity index (χ0v) is 25.2. The maximum atomic E-state index is 13.7. The first kappa shape index (κ1) is 29.4. The van der Waals surface area contributed by atoms with Crippen molar-refractivity contribution >= 4 is 40.7 Å². The van der Waals surface area contributed by atoms with Gasteiger partial charge in [-0.1, -0.05) is 29.8 Å². The Morgan fingerprint density at radius 3 is 2.29 bits per heavy atom. The van der Waals surface area contributed by atoms with Gasteiger partial charge in [0.1, 0.15) is 0 Å².